The van der Waals surface area contributed by atoms with E-state index in [2.05, 4.69) is 10.3 Å². The van der Waals surface area contributed by atoms with Crippen molar-refractivity contribution < 1.29 is 24.5 Å². The molecule has 6 N–H and O–H groups in total. The van der Waals surface area contributed by atoms with Gasteiger partial charge in [0.15, 0.2) is 6.23 Å². The molecule has 0 radical (unpaired) electrons. The molecule has 11 heteroatoms. The fourth-order valence-corrected chi connectivity index (χ4v) is 3.82. The lowest BCUT2D eigenvalue weighted by Crippen LogP contribution is -2.51. The molecule has 2 heterocycles. The van der Waals surface area contributed by atoms with E-state index in [0.29, 0.717) is 12.8 Å². The van der Waals surface area contributed by atoms with E-state index >= 15 is 0 Å². The minimum absolute atomic E-state index is 0.287. The van der Waals surface area contributed by atoms with E-state index in [4.69, 9.17) is 15.2 Å². The van der Waals surface area contributed by atoms with Crippen LogP contribution in [0.4, 0.5) is 4.79 Å². The second kappa shape index (κ2) is 8.43. The molecule has 0 spiro atoms. The number of ether oxygens (including phenoxy) is 2. The molecule has 2 amide bonds. The first kappa shape index (κ1) is 20.5. The summed E-state index contributed by atoms with van der Waals surface area (Å²) in [6, 6.07) is -0.998. The van der Waals surface area contributed by atoms with Gasteiger partial charge in [-0.2, -0.15) is 0 Å². The number of carbonyl (C=O) groups excluding carboxylic acids is 1. The summed E-state index contributed by atoms with van der Waals surface area (Å²) in [7, 11) is 0. The maximum atomic E-state index is 12.3. The molecule has 2 fully saturated rings. The van der Waals surface area contributed by atoms with Gasteiger partial charge in [-0.1, -0.05) is 12.8 Å². The lowest BCUT2D eigenvalue weighted by atomic mass is 9.92. The minimum atomic E-state index is -1.20. The first-order valence-electron chi connectivity index (χ1n) is 9.29. The summed E-state index contributed by atoms with van der Waals surface area (Å²) in [5.74, 6) is 0. The van der Waals surface area contributed by atoms with Crippen LogP contribution < -0.4 is 22.3 Å². The van der Waals surface area contributed by atoms with E-state index in [1.165, 1.54) is 13.1 Å². The van der Waals surface area contributed by atoms with Crippen LogP contribution in [0.5, 0.6) is 0 Å². The van der Waals surface area contributed by atoms with Crippen molar-refractivity contribution in [2.45, 2.75) is 69.3 Å². The quantitative estimate of drug-likeness (QED) is 0.400. The van der Waals surface area contributed by atoms with E-state index < -0.39 is 54.5 Å². The number of aliphatic hydroxyl groups excluding tert-OH is 2. The summed E-state index contributed by atoms with van der Waals surface area (Å²) in [6.07, 6.45) is -0.240. The Kier molecular flexibility index (Phi) is 6.18. The third-order valence-corrected chi connectivity index (χ3v) is 5.27. The molecular formula is C17H26N4O7. The van der Waals surface area contributed by atoms with Gasteiger partial charge in [-0.3, -0.25) is 14.3 Å². The zero-order valence-corrected chi connectivity index (χ0v) is 15.5. The number of hydrogen-bond donors (Lipinski definition) is 5. The summed E-state index contributed by atoms with van der Waals surface area (Å²) in [6.45, 7) is 1.07. The van der Waals surface area contributed by atoms with Crippen molar-refractivity contribution in [1.29, 1.82) is 0 Å². The summed E-state index contributed by atoms with van der Waals surface area (Å²) >= 11 is 0. The molecule has 11 nitrogen and oxygen atoms in total. The molecule has 1 saturated carbocycles. The van der Waals surface area contributed by atoms with Crippen LogP contribution in [0.2, 0.25) is 0 Å². The Labute approximate surface area is 160 Å². The number of aryl methyl sites for hydroxylation is 1. The van der Waals surface area contributed by atoms with Crippen LogP contribution >= 0.6 is 0 Å². The number of nitrogens with two attached hydrogens (primary N) is 1. The summed E-state index contributed by atoms with van der Waals surface area (Å²) in [5.41, 5.74) is 4.30. The van der Waals surface area contributed by atoms with Crippen molar-refractivity contribution in [3.63, 3.8) is 0 Å². The number of nitrogens with zero attached hydrogens (tertiary/aromatic N) is 1. The highest BCUT2D eigenvalue weighted by molar-refractivity contribution is 5.72. The maximum absolute atomic E-state index is 12.3. The number of hydrogen-bond acceptors (Lipinski definition) is 7. The highest BCUT2D eigenvalue weighted by Gasteiger charge is 2.47. The van der Waals surface area contributed by atoms with Crippen molar-refractivity contribution in [2.24, 2.45) is 5.73 Å². The summed E-state index contributed by atoms with van der Waals surface area (Å²) < 4.78 is 12.9. The standard InChI is InChI=1S/C17H26N4O7/c1-8-6-21(17(26)20-14(8)24)15-13(12(23)11(7-22)28-15)27-10-5-3-2-4-9(10)19-16(18)25/h6,9-13,15,22-23H,2-5,7H2,1H3,(H3,18,19,25)(H,20,24,26)/t9-,10-,11-,12-,13-,15-/m1/s1. The number of urea groups is 1. The first-order chi connectivity index (χ1) is 13.3. The van der Waals surface area contributed by atoms with Gasteiger partial charge in [-0.05, 0) is 19.8 Å². The second-order valence-electron chi connectivity index (χ2n) is 7.26. The third kappa shape index (κ3) is 4.12. The number of primary amides is 1. The van der Waals surface area contributed by atoms with Gasteiger partial charge in [0.2, 0.25) is 0 Å². The fourth-order valence-electron chi connectivity index (χ4n) is 3.82. The second-order valence-corrected chi connectivity index (χ2v) is 7.26. The number of H-pyrrole nitrogens is 1. The molecule has 1 saturated heterocycles. The number of carbonyl (C=O) groups is 1. The van der Waals surface area contributed by atoms with Gasteiger partial charge in [0.25, 0.3) is 5.56 Å². The molecule has 1 aromatic heterocycles. The zero-order chi connectivity index (χ0) is 20.4. The van der Waals surface area contributed by atoms with Crippen LogP contribution in [0.1, 0.15) is 37.5 Å². The molecule has 3 rings (SSSR count). The molecule has 1 aliphatic carbocycles. The zero-order valence-electron chi connectivity index (χ0n) is 15.5. The first-order valence-corrected chi connectivity index (χ1v) is 9.29. The molecule has 28 heavy (non-hydrogen) atoms. The minimum Gasteiger partial charge on any atom is -0.394 e. The SMILES string of the molecule is Cc1cn([C@@H]2O[C@H](CO)[C@@H](O)[C@H]2O[C@@H]2CCCC[C@H]2NC(N)=O)c(=O)[nH]c1=O. The number of rotatable bonds is 5. The van der Waals surface area contributed by atoms with E-state index in [1.807, 2.05) is 0 Å². The average molecular weight is 398 g/mol. The molecule has 1 aromatic rings. The summed E-state index contributed by atoms with van der Waals surface area (Å²) in [4.78, 5) is 37.4. The van der Waals surface area contributed by atoms with Crippen LogP contribution in [-0.4, -0.2) is 62.9 Å². The number of aromatic nitrogens is 2. The molecule has 0 unspecified atom stereocenters. The van der Waals surface area contributed by atoms with Crippen LogP contribution in [-0.2, 0) is 9.47 Å². The van der Waals surface area contributed by atoms with Gasteiger partial charge in [-0.25, -0.2) is 9.59 Å². The van der Waals surface area contributed by atoms with Crippen molar-refractivity contribution in [3.05, 3.63) is 32.6 Å². The predicted octanol–water partition coefficient (Wildman–Crippen LogP) is -1.54. The lowest BCUT2D eigenvalue weighted by Gasteiger charge is -2.35. The third-order valence-electron chi connectivity index (χ3n) is 5.27. The van der Waals surface area contributed by atoms with E-state index in [9.17, 15) is 24.6 Å². The summed E-state index contributed by atoms with van der Waals surface area (Å²) in [5, 5.41) is 22.7. The monoisotopic (exact) mass is 398 g/mol. The van der Waals surface area contributed by atoms with Gasteiger partial charge in [0, 0.05) is 11.8 Å². The Bertz CT molecular complexity index is 822. The number of aromatic amines is 1. The van der Waals surface area contributed by atoms with Crippen LogP contribution in [0.25, 0.3) is 0 Å². The topological polar surface area (TPSA) is 169 Å². The van der Waals surface area contributed by atoms with Crippen molar-refractivity contribution in [2.75, 3.05) is 6.61 Å². The molecule has 0 bridgehead atoms. The van der Waals surface area contributed by atoms with Crippen molar-refractivity contribution in [3.8, 4) is 0 Å². The smallest absolute Gasteiger partial charge is 0.330 e. The highest BCUT2D eigenvalue weighted by atomic mass is 16.6. The van der Waals surface area contributed by atoms with Crippen molar-refractivity contribution in [1.82, 2.24) is 14.9 Å². The Morgan fingerprint density at radius 1 is 1.43 bits per heavy atom. The average Bonchev–Trinajstić information content (AvgIpc) is 2.95. The molecule has 0 aromatic carbocycles. The molecule has 2 aliphatic rings. The van der Waals surface area contributed by atoms with E-state index in [-0.39, 0.29) is 11.6 Å². The Balaban J connectivity index is 1.89. The molecule has 6 atom stereocenters. The Morgan fingerprint density at radius 3 is 2.82 bits per heavy atom. The van der Waals surface area contributed by atoms with Gasteiger partial charge in [-0.15, -0.1) is 0 Å². The Morgan fingerprint density at radius 2 is 2.14 bits per heavy atom. The van der Waals surface area contributed by atoms with Crippen LogP contribution in [0.15, 0.2) is 15.8 Å². The largest absolute Gasteiger partial charge is 0.394 e. The van der Waals surface area contributed by atoms with E-state index in [1.54, 1.807) is 0 Å². The van der Waals surface area contributed by atoms with E-state index in [0.717, 1.165) is 17.4 Å². The van der Waals surface area contributed by atoms with Gasteiger partial charge >= 0.3 is 11.7 Å². The Hall–Kier alpha value is -2.21. The van der Waals surface area contributed by atoms with Crippen molar-refractivity contribution >= 4 is 6.03 Å². The van der Waals surface area contributed by atoms with Gasteiger partial charge in [0.1, 0.15) is 18.3 Å². The number of nitrogens with one attached hydrogen (secondary N) is 2. The maximum Gasteiger partial charge on any atom is 0.330 e. The number of aliphatic hydroxyl groups is 2. The highest BCUT2D eigenvalue weighted by Crippen LogP contribution is 2.34. The number of amides is 2. The molecular weight excluding hydrogens is 372 g/mol. The van der Waals surface area contributed by atoms with Gasteiger partial charge in [0.05, 0.1) is 18.8 Å². The lowest BCUT2D eigenvalue weighted by molar-refractivity contribution is -0.117. The normalized spacial score (nSPS) is 33.0. The van der Waals surface area contributed by atoms with Gasteiger partial charge < -0.3 is 30.7 Å². The molecule has 1 aliphatic heterocycles. The molecule has 156 valence electrons. The van der Waals surface area contributed by atoms with Crippen LogP contribution in [0, 0.1) is 6.92 Å². The predicted molar refractivity (Wildman–Crippen MR) is 96.7 cm³/mol. The fraction of sp³-hybridized carbons (Fsp3) is 0.706. The van der Waals surface area contributed by atoms with Crippen LogP contribution in [0.3, 0.4) is 0 Å².